The summed E-state index contributed by atoms with van der Waals surface area (Å²) in [6.07, 6.45) is 0.940. The van der Waals surface area contributed by atoms with Crippen molar-refractivity contribution in [2.75, 3.05) is 72.5 Å². The van der Waals surface area contributed by atoms with Gasteiger partial charge in [-0.1, -0.05) is 6.92 Å². The van der Waals surface area contributed by atoms with Gasteiger partial charge >= 0.3 is 6.09 Å². The smallest absolute Gasteiger partial charge is 0.407 e. The Hall–Kier alpha value is -1.46. The highest BCUT2D eigenvalue weighted by atomic mass is 16.6. The molecule has 0 aromatic heterocycles. The highest BCUT2D eigenvalue weighted by molar-refractivity contribution is 5.78. The van der Waals surface area contributed by atoms with Gasteiger partial charge in [0.15, 0.2) is 0 Å². The molecule has 0 radical (unpaired) electrons. The average molecular weight is 450 g/mol. The molecule has 0 saturated carbocycles. The van der Waals surface area contributed by atoms with E-state index in [4.69, 9.17) is 29.4 Å². The predicted octanol–water partition coefficient (Wildman–Crippen LogP) is 1.07. The molecular formula is C21H43N3O7. The fraction of sp³-hybridized carbons (Fsp3) is 0.905. The zero-order valence-electron chi connectivity index (χ0n) is 19.7. The van der Waals surface area contributed by atoms with Crippen molar-refractivity contribution in [2.24, 2.45) is 11.7 Å². The quantitative estimate of drug-likeness (QED) is 0.250. The second kappa shape index (κ2) is 19.2. The Bertz CT molecular complexity index is 459. The summed E-state index contributed by atoms with van der Waals surface area (Å²) in [6.45, 7) is 12.7. The van der Waals surface area contributed by atoms with E-state index >= 15 is 0 Å². The van der Waals surface area contributed by atoms with E-state index in [-0.39, 0.29) is 11.8 Å². The van der Waals surface area contributed by atoms with E-state index in [1.807, 2.05) is 27.7 Å². The zero-order chi connectivity index (χ0) is 23.4. The van der Waals surface area contributed by atoms with E-state index in [9.17, 15) is 9.59 Å². The predicted molar refractivity (Wildman–Crippen MR) is 118 cm³/mol. The summed E-state index contributed by atoms with van der Waals surface area (Å²) >= 11 is 0. The maximum absolute atomic E-state index is 12.0. The molecule has 0 aliphatic rings. The van der Waals surface area contributed by atoms with Gasteiger partial charge in [0, 0.05) is 25.6 Å². The topological polar surface area (TPSA) is 130 Å². The van der Waals surface area contributed by atoms with Gasteiger partial charge in [0.05, 0.1) is 52.9 Å². The third-order valence-corrected chi connectivity index (χ3v) is 3.85. The van der Waals surface area contributed by atoms with Gasteiger partial charge in [-0.25, -0.2) is 4.79 Å². The lowest BCUT2D eigenvalue weighted by Crippen LogP contribution is -2.34. The monoisotopic (exact) mass is 449 g/mol. The number of amides is 2. The molecular weight excluding hydrogens is 406 g/mol. The van der Waals surface area contributed by atoms with Crippen molar-refractivity contribution in [3.8, 4) is 0 Å². The largest absolute Gasteiger partial charge is 0.444 e. The van der Waals surface area contributed by atoms with Crippen LogP contribution in [0.2, 0.25) is 0 Å². The van der Waals surface area contributed by atoms with Crippen LogP contribution in [0.1, 0.15) is 40.5 Å². The molecule has 0 aromatic rings. The van der Waals surface area contributed by atoms with Gasteiger partial charge in [-0.2, -0.15) is 0 Å². The number of alkyl carbamates (subject to hydrolysis) is 1. The first-order valence-electron chi connectivity index (χ1n) is 11.0. The number of hydrogen-bond donors (Lipinski definition) is 3. The highest BCUT2D eigenvalue weighted by Gasteiger charge is 2.16. The molecule has 0 aliphatic carbocycles. The molecule has 0 saturated heterocycles. The SMILES string of the molecule is C[C@H](CCCNC(=O)OC(C)(C)C)C(=O)NCCOCCOCCOCCOCCN. The Morgan fingerprint density at radius 3 is 1.84 bits per heavy atom. The molecule has 0 spiro atoms. The molecule has 0 aromatic carbocycles. The van der Waals surface area contributed by atoms with Gasteiger partial charge in [-0.3, -0.25) is 4.79 Å². The first kappa shape index (κ1) is 29.5. The van der Waals surface area contributed by atoms with E-state index in [1.54, 1.807) is 0 Å². The summed E-state index contributed by atoms with van der Waals surface area (Å²) < 4.78 is 26.5. The minimum absolute atomic E-state index is 0.0234. The van der Waals surface area contributed by atoms with Crippen molar-refractivity contribution in [1.29, 1.82) is 0 Å². The Labute approximate surface area is 186 Å². The number of nitrogens with one attached hydrogen (secondary N) is 2. The summed E-state index contributed by atoms with van der Waals surface area (Å²) in [7, 11) is 0. The van der Waals surface area contributed by atoms with Crippen molar-refractivity contribution in [3.05, 3.63) is 0 Å². The molecule has 1 atom stereocenters. The molecule has 184 valence electrons. The van der Waals surface area contributed by atoms with E-state index in [2.05, 4.69) is 10.6 Å². The van der Waals surface area contributed by atoms with Gasteiger partial charge < -0.3 is 40.1 Å². The fourth-order valence-corrected chi connectivity index (χ4v) is 2.31. The third-order valence-electron chi connectivity index (χ3n) is 3.85. The van der Waals surface area contributed by atoms with Gasteiger partial charge in [0.25, 0.3) is 0 Å². The van der Waals surface area contributed by atoms with Crippen molar-refractivity contribution in [2.45, 2.75) is 46.1 Å². The van der Waals surface area contributed by atoms with Gasteiger partial charge in [-0.05, 0) is 33.6 Å². The number of carbonyl (C=O) groups is 2. The van der Waals surface area contributed by atoms with Crippen LogP contribution in [0.5, 0.6) is 0 Å². The normalized spacial score (nSPS) is 12.4. The average Bonchev–Trinajstić information content (AvgIpc) is 2.69. The molecule has 0 heterocycles. The van der Waals surface area contributed by atoms with Crippen LogP contribution in [0.25, 0.3) is 0 Å². The van der Waals surface area contributed by atoms with E-state index in [0.29, 0.717) is 85.3 Å². The van der Waals surface area contributed by atoms with Gasteiger partial charge in [0.1, 0.15) is 5.60 Å². The maximum Gasteiger partial charge on any atom is 0.407 e. The zero-order valence-corrected chi connectivity index (χ0v) is 19.7. The second-order valence-electron chi connectivity index (χ2n) is 8.00. The van der Waals surface area contributed by atoms with Crippen molar-refractivity contribution in [1.82, 2.24) is 10.6 Å². The number of hydrogen-bond acceptors (Lipinski definition) is 8. The third kappa shape index (κ3) is 21.6. The van der Waals surface area contributed by atoms with Crippen LogP contribution in [0.3, 0.4) is 0 Å². The van der Waals surface area contributed by atoms with Crippen molar-refractivity contribution >= 4 is 12.0 Å². The van der Waals surface area contributed by atoms with Gasteiger partial charge in [0.2, 0.25) is 5.91 Å². The van der Waals surface area contributed by atoms with Crippen LogP contribution in [0.15, 0.2) is 0 Å². The summed E-state index contributed by atoms with van der Waals surface area (Å²) in [5.41, 5.74) is 4.79. The molecule has 0 aliphatic heterocycles. The molecule has 2 amide bonds. The minimum Gasteiger partial charge on any atom is -0.444 e. The maximum atomic E-state index is 12.0. The number of ether oxygens (including phenoxy) is 5. The molecule has 31 heavy (non-hydrogen) atoms. The molecule has 10 nitrogen and oxygen atoms in total. The minimum atomic E-state index is -0.514. The van der Waals surface area contributed by atoms with Crippen LogP contribution >= 0.6 is 0 Å². The molecule has 0 rings (SSSR count). The lowest BCUT2D eigenvalue weighted by Gasteiger charge is -2.19. The van der Waals surface area contributed by atoms with Crippen LogP contribution in [-0.4, -0.2) is 90.1 Å². The van der Waals surface area contributed by atoms with E-state index in [0.717, 1.165) is 0 Å². The lowest BCUT2D eigenvalue weighted by atomic mass is 10.1. The first-order chi connectivity index (χ1) is 14.8. The van der Waals surface area contributed by atoms with E-state index < -0.39 is 11.7 Å². The molecule has 4 N–H and O–H groups in total. The molecule has 0 unspecified atom stereocenters. The lowest BCUT2D eigenvalue weighted by molar-refractivity contribution is -0.124. The Morgan fingerprint density at radius 1 is 0.806 bits per heavy atom. The van der Waals surface area contributed by atoms with Crippen molar-refractivity contribution in [3.63, 3.8) is 0 Å². The summed E-state index contributed by atoms with van der Waals surface area (Å²) in [6, 6.07) is 0. The standard InChI is InChI=1S/C21H43N3O7/c1-18(6-5-8-24-20(26)31-21(2,3)4)19(25)23-9-11-28-13-15-30-17-16-29-14-12-27-10-7-22/h18H,5-17,22H2,1-4H3,(H,23,25)(H,24,26)/t18-/m1/s1. The van der Waals surface area contributed by atoms with Gasteiger partial charge in [-0.15, -0.1) is 0 Å². The fourth-order valence-electron chi connectivity index (χ4n) is 2.31. The molecule has 0 bridgehead atoms. The molecule has 10 heteroatoms. The van der Waals surface area contributed by atoms with Crippen LogP contribution in [-0.2, 0) is 28.5 Å². The summed E-state index contributed by atoms with van der Waals surface area (Å²) in [4.78, 5) is 23.6. The Kier molecular flexibility index (Phi) is 18.3. The highest BCUT2D eigenvalue weighted by Crippen LogP contribution is 2.07. The summed E-state index contributed by atoms with van der Waals surface area (Å²) in [5, 5.41) is 5.54. The Morgan fingerprint density at radius 2 is 1.32 bits per heavy atom. The first-order valence-corrected chi connectivity index (χ1v) is 11.0. The second-order valence-corrected chi connectivity index (χ2v) is 8.00. The van der Waals surface area contributed by atoms with Crippen LogP contribution < -0.4 is 16.4 Å². The number of nitrogens with two attached hydrogens (primary N) is 1. The van der Waals surface area contributed by atoms with Crippen molar-refractivity contribution < 1.29 is 33.3 Å². The van der Waals surface area contributed by atoms with Crippen LogP contribution in [0.4, 0.5) is 4.79 Å². The number of carbonyl (C=O) groups excluding carboxylic acids is 2. The van der Waals surface area contributed by atoms with E-state index in [1.165, 1.54) is 0 Å². The summed E-state index contributed by atoms with van der Waals surface area (Å²) in [5.74, 6) is -0.158. The number of rotatable bonds is 19. The molecule has 0 fully saturated rings. The Balaban J connectivity index is 3.44. The van der Waals surface area contributed by atoms with Crippen LogP contribution in [0, 0.1) is 5.92 Å².